The number of hydrogen-bond donors (Lipinski definition) is 0. The molecule has 0 radical (unpaired) electrons. The van der Waals surface area contributed by atoms with Crippen molar-refractivity contribution in [1.82, 2.24) is 0 Å². The number of benzene rings is 4. The fourth-order valence-corrected chi connectivity index (χ4v) is 4.12. The van der Waals surface area contributed by atoms with Crippen LogP contribution in [0.5, 0.6) is 17.2 Å². The topological polar surface area (TPSA) is 44.8 Å². The Labute approximate surface area is 198 Å². The minimum Gasteiger partial charge on any atom is -0.497 e. The first-order valence-electron chi connectivity index (χ1n) is 10.6. The van der Waals surface area contributed by atoms with Crippen molar-refractivity contribution < 1.29 is 19.0 Å². The van der Waals surface area contributed by atoms with Crippen LogP contribution in [0.2, 0.25) is 0 Å². The van der Waals surface area contributed by atoms with E-state index in [-0.39, 0.29) is 19.0 Å². The molecular formula is C28H24O4S. The van der Waals surface area contributed by atoms with Crippen molar-refractivity contribution in [1.29, 1.82) is 0 Å². The Balaban J connectivity index is 1.36. The zero-order valence-corrected chi connectivity index (χ0v) is 19.1. The third kappa shape index (κ3) is 6.64. The normalized spacial score (nSPS) is 10.5. The lowest BCUT2D eigenvalue weighted by Crippen LogP contribution is -2.08. The van der Waals surface area contributed by atoms with Crippen LogP contribution in [0.15, 0.2) is 113 Å². The lowest BCUT2D eigenvalue weighted by atomic mass is 10.1. The summed E-state index contributed by atoms with van der Waals surface area (Å²) in [5, 5.41) is 0. The molecule has 4 aromatic carbocycles. The van der Waals surface area contributed by atoms with Crippen LogP contribution in [0, 0.1) is 0 Å². The van der Waals surface area contributed by atoms with Crippen LogP contribution in [0.3, 0.4) is 0 Å². The van der Waals surface area contributed by atoms with Crippen LogP contribution < -0.4 is 9.47 Å². The molecule has 0 bridgehead atoms. The molecule has 0 amide bonds. The van der Waals surface area contributed by atoms with E-state index in [2.05, 4.69) is 0 Å². The van der Waals surface area contributed by atoms with E-state index in [1.54, 1.807) is 18.9 Å². The average molecular weight is 457 g/mol. The molecule has 0 N–H and O–H groups in total. The zero-order chi connectivity index (χ0) is 22.9. The summed E-state index contributed by atoms with van der Waals surface area (Å²) < 4.78 is 16.5. The second-order valence-corrected chi connectivity index (χ2v) is 8.40. The van der Waals surface area contributed by atoms with Gasteiger partial charge in [-0.1, -0.05) is 60.3 Å². The molecule has 0 heterocycles. The van der Waals surface area contributed by atoms with Crippen molar-refractivity contribution in [2.75, 3.05) is 7.11 Å². The lowest BCUT2D eigenvalue weighted by Gasteiger charge is -2.11. The van der Waals surface area contributed by atoms with E-state index in [1.165, 1.54) is 0 Å². The summed E-state index contributed by atoms with van der Waals surface area (Å²) in [6.07, 6.45) is 0.231. The minimum atomic E-state index is -0.241. The lowest BCUT2D eigenvalue weighted by molar-refractivity contribution is -0.144. The van der Waals surface area contributed by atoms with Gasteiger partial charge in [-0.15, -0.1) is 0 Å². The predicted molar refractivity (Wildman–Crippen MR) is 130 cm³/mol. The Morgan fingerprint density at radius 1 is 0.727 bits per heavy atom. The van der Waals surface area contributed by atoms with Crippen molar-refractivity contribution in [3.8, 4) is 17.2 Å². The summed E-state index contributed by atoms with van der Waals surface area (Å²) in [7, 11) is 1.64. The number of hydrogen-bond acceptors (Lipinski definition) is 5. The first-order chi connectivity index (χ1) is 16.2. The van der Waals surface area contributed by atoms with Crippen LogP contribution in [-0.2, 0) is 22.6 Å². The van der Waals surface area contributed by atoms with Gasteiger partial charge in [-0.05, 0) is 65.7 Å². The summed E-state index contributed by atoms with van der Waals surface area (Å²) in [5.74, 6) is 2.05. The van der Waals surface area contributed by atoms with E-state index in [0.717, 1.165) is 38.2 Å². The molecule has 166 valence electrons. The number of ether oxygens (including phenoxy) is 3. The molecule has 0 saturated carbocycles. The Morgan fingerprint density at radius 3 is 2.03 bits per heavy atom. The van der Waals surface area contributed by atoms with Gasteiger partial charge in [-0.25, -0.2) is 0 Å². The third-order valence-electron chi connectivity index (χ3n) is 4.90. The fraction of sp³-hybridized carbons (Fsp3) is 0.107. The van der Waals surface area contributed by atoms with Crippen LogP contribution in [0.25, 0.3) is 0 Å². The number of methoxy groups -OCH3 is 1. The molecule has 5 heteroatoms. The summed E-state index contributed by atoms with van der Waals surface area (Å²) >= 11 is 1.61. The van der Waals surface area contributed by atoms with Gasteiger partial charge in [0.05, 0.1) is 13.5 Å². The first-order valence-corrected chi connectivity index (χ1v) is 11.4. The molecule has 0 aliphatic carbocycles. The highest BCUT2D eigenvalue weighted by atomic mass is 32.2. The second kappa shape index (κ2) is 11.2. The SMILES string of the molecule is COc1ccc(Oc2ccc(Sc3ccccc3CC(=O)OCc3ccccc3)cc2)cc1. The van der Waals surface area contributed by atoms with Gasteiger partial charge in [0.25, 0.3) is 0 Å². The maximum Gasteiger partial charge on any atom is 0.310 e. The van der Waals surface area contributed by atoms with Gasteiger partial charge in [0.2, 0.25) is 0 Å². The molecular weight excluding hydrogens is 432 g/mol. The number of rotatable bonds is 9. The molecule has 0 unspecified atom stereocenters. The highest BCUT2D eigenvalue weighted by Gasteiger charge is 2.11. The van der Waals surface area contributed by atoms with E-state index in [0.29, 0.717) is 0 Å². The van der Waals surface area contributed by atoms with Gasteiger partial charge in [0.1, 0.15) is 23.9 Å². The summed E-state index contributed by atoms with van der Waals surface area (Å²) in [6, 6.07) is 32.9. The van der Waals surface area contributed by atoms with E-state index in [1.807, 2.05) is 103 Å². The predicted octanol–water partition coefficient (Wildman–Crippen LogP) is 6.92. The molecule has 0 fully saturated rings. The number of carbonyl (C=O) groups is 1. The quantitative estimate of drug-likeness (QED) is 0.256. The maximum absolute atomic E-state index is 12.4. The molecule has 4 aromatic rings. The van der Waals surface area contributed by atoms with Crippen molar-refractivity contribution in [2.24, 2.45) is 0 Å². The van der Waals surface area contributed by atoms with Gasteiger partial charge in [-0.2, -0.15) is 0 Å². The third-order valence-corrected chi connectivity index (χ3v) is 6.02. The van der Waals surface area contributed by atoms with Gasteiger partial charge >= 0.3 is 5.97 Å². The molecule has 4 nitrogen and oxygen atoms in total. The standard InChI is InChI=1S/C28H24O4S/c1-30-23-11-13-24(14-12-23)32-25-15-17-26(18-16-25)33-27-10-6-5-9-22(27)19-28(29)31-20-21-7-3-2-4-8-21/h2-18H,19-20H2,1H3. The second-order valence-electron chi connectivity index (χ2n) is 7.28. The molecule has 0 aromatic heterocycles. The zero-order valence-electron chi connectivity index (χ0n) is 18.3. The van der Waals surface area contributed by atoms with Crippen molar-refractivity contribution in [2.45, 2.75) is 22.8 Å². The molecule has 0 aliphatic heterocycles. The molecule has 33 heavy (non-hydrogen) atoms. The first kappa shape index (κ1) is 22.5. The highest BCUT2D eigenvalue weighted by molar-refractivity contribution is 7.99. The summed E-state index contributed by atoms with van der Waals surface area (Å²) in [6.45, 7) is 0.282. The highest BCUT2D eigenvalue weighted by Crippen LogP contribution is 2.33. The number of carbonyl (C=O) groups excluding carboxylic acids is 1. The van der Waals surface area contributed by atoms with Crippen LogP contribution >= 0.6 is 11.8 Å². The molecule has 0 saturated heterocycles. The van der Waals surface area contributed by atoms with E-state index >= 15 is 0 Å². The monoisotopic (exact) mass is 456 g/mol. The Bertz CT molecular complexity index is 1170. The van der Waals surface area contributed by atoms with Crippen molar-refractivity contribution >= 4 is 17.7 Å². The van der Waals surface area contributed by atoms with E-state index in [4.69, 9.17) is 14.2 Å². The smallest absolute Gasteiger partial charge is 0.310 e. The van der Waals surface area contributed by atoms with Crippen LogP contribution in [-0.4, -0.2) is 13.1 Å². The number of esters is 1. The Hall–Kier alpha value is -3.70. The molecule has 0 spiro atoms. The van der Waals surface area contributed by atoms with E-state index in [9.17, 15) is 4.79 Å². The Kier molecular flexibility index (Phi) is 7.67. The summed E-state index contributed by atoms with van der Waals surface area (Å²) in [4.78, 5) is 14.5. The van der Waals surface area contributed by atoms with Gasteiger partial charge in [0, 0.05) is 9.79 Å². The Morgan fingerprint density at radius 2 is 1.33 bits per heavy atom. The van der Waals surface area contributed by atoms with Gasteiger partial charge in [-0.3, -0.25) is 4.79 Å². The minimum absolute atomic E-state index is 0.231. The van der Waals surface area contributed by atoms with Gasteiger partial charge in [0.15, 0.2) is 0 Å². The van der Waals surface area contributed by atoms with Crippen LogP contribution in [0.1, 0.15) is 11.1 Å². The van der Waals surface area contributed by atoms with Crippen molar-refractivity contribution in [3.63, 3.8) is 0 Å². The van der Waals surface area contributed by atoms with Gasteiger partial charge < -0.3 is 14.2 Å². The largest absolute Gasteiger partial charge is 0.497 e. The maximum atomic E-state index is 12.4. The summed E-state index contributed by atoms with van der Waals surface area (Å²) in [5.41, 5.74) is 1.92. The molecule has 0 aliphatic rings. The van der Waals surface area contributed by atoms with Crippen molar-refractivity contribution in [3.05, 3.63) is 114 Å². The van der Waals surface area contributed by atoms with E-state index < -0.39 is 0 Å². The fourth-order valence-electron chi connectivity index (χ4n) is 3.18. The average Bonchev–Trinajstić information content (AvgIpc) is 2.86. The molecule has 4 rings (SSSR count). The molecule has 0 atom stereocenters. The van der Waals surface area contributed by atoms with Crippen LogP contribution in [0.4, 0.5) is 0 Å².